The average molecular weight is 477 g/mol. The SMILES string of the molecule is Cn1cc(-c2cc(N)c3nc2N2CCC[C@H]2CCCCCC(O)(C(F)(F)F)c2nnc-3o2)cn1. The summed E-state index contributed by atoms with van der Waals surface area (Å²) < 4.78 is 48.6. The van der Waals surface area contributed by atoms with Crippen molar-refractivity contribution in [1.82, 2.24) is 25.0 Å². The topological polar surface area (TPSA) is 119 Å². The van der Waals surface area contributed by atoms with Crippen LogP contribution in [0.2, 0.25) is 0 Å². The fourth-order valence-corrected chi connectivity index (χ4v) is 4.89. The minimum absolute atomic E-state index is 0.0913. The number of hydrogen-bond donors (Lipinski definition) is 2. The van der Waals surface area contributed by atoms with Crippen LogP contribution in [-0.4, -0.2) is 48.8 Å². The fraction of sp³-hybridized carbons (Fsp3) is 0.545. The number of fused-ring (bicyclic) bond motifs is 7. The lowest BCUT2D eigenvalue weighted by atomic mass is 9.94. The molecule has 0 aliphatic carbocycles. The number of alkyl halides is 3. The van der Waals surface area contributed by atoms with Gasteiger partial charge in [-0.1, -0.05) is 12.8 Å². The van der Waals surface area contributed by atoms with Gasteiger partial charge in [0.15, 0.2) is 5.69 Å². The monoisotopic (exact) mass is 477 g/mol. The molecule has 5 heterocycles. The number of rotatable bonds is 1. The molecule has 0 aromatic carbocycles. The maximum absolute atomic E-state index is 13.9. The molecule has 0 saturated carbocycles. The van der Waals surface area contributed by atoms with Crippen molar-refractivity contribution >= 4 is 11.5 Å². The highest BCUT2D eigenvalue weighted by Gasteiger charge is 2.58. The fourth-order valence-electron chi connectivity index (χ4n) is 4.89. The van der Waals surface area contributed by atoms with Gasteiger partial charge in [0, 0.05) is 37.0 Å². The third-order valence-corrected chi connectivity index (χ3v) is 6.72. The van der Waals surface area contributed by atoms with E-state index in [4.69, 9.17) is 15.1 Å². The van der Waals surface area contributed by atoms with Gasteiger partial charge in [-0.15, -0.1) is 10.2 Å². The molecular formula is C22H26F3N7O2. The van der Waals surface area contributed by atoms with Crippen LogP contribution in [-0.2, 0) is 12.6 Å². The molecule has 34 heavy (non-hydrogen) atoms. The highest BCUT2D eigenvalue weighted by Crippen LogP contribution is 2.44. The molecule has 2 atom stereocenters. The minimum atomic E-state index is -4.97. The highest BCUT2D eigenvalue weighted by atomic mass is 19.4. The molecule has 5 rings (SSSR count). The Morgan fingerprint density at radius 3 is 2.71 bits per heavy atom. The van der Waals surface area contributed by atoms with E-state index in [9.17, 15) is 18.3 Å². The van der Waals surface area contributed by atoms with Crippen LogP contribution in [0.4, 0.5) is 24.7 Å². The zero-order valence-electron chi connectivity index (χ0n) is 18.7. The Balaban J connectivity index is 1.68. The van der Waals surface area contributed by atoms with E-state index in [1.54, 1.807) is 16.9 Å². The lowest BCUT2D eigenvalue weighted by Gasteiger charge is -2.29. The number of nitrogens with zero attached hydrogens (tertiary/aromatic N) is 6. The number of hydrogen-bond acceptors (Lipinski definition) is 8. The van der Waals surface area contributed by atoms with E-state index >= 15 is 0 Å². The van der Waals surface area contributed by atoms with Crippen LogP contribution in [0.1, 0.15) is 50.8 Å². The zero-order chi connectivity index (χ0) is 24.1. The Morgan fingerprint density at radius 2 is 1.97 bits per heavy atom. The van der Waals surface area contributed by atoms with Gasteiger partial charge in [0.25, 0.3) is 11.8 Å². The van der Waals surface area contributed by atoms with Gasteiger partial charge < -0.3 is 20.2 Å². The summed E-state index contributed by atoms with van der Waals surface area (Å²) in [5.74, 6) is -0.505. The molecule has 2 aliphatic rings. The summed E-state index contributed by atoms with van der Waals surface area (Å²) in [6.45, 7) is 0.803. The molecule has 12 heteroatoms. The van der Waals surface area contributed by atoms with Crippen molar-refractivity contribution in [3.05, 3.63) is 24.4 Å². The Bertz CT molecular complexity index is 1190. The number of pyridine rings is 1. The summed E-state index contributed by atoms with van der Waals surface area (Å²) in [6.07, 6.45) is 2.26. The maximum Gasteiger partial charge on any atom is 0.426 e. The van der Waals surface area contributed by atoms with E-state index in [2.05, 4.69) is 20.2 Å². The molecule has 2 aliphatic heterocycles. The molecule has 1 unspecified atom stereocenters. The third-order valence-electron chi connectivity index (χ3n) is 6.72. The van der Waals surface area contributed by atoms with Crippen LogP contribution in [0.5, 0.6) is 0 Å². The van der Waals surface area contributed by atoms with Crippen molar-refractivity contribution in [2.24, 2.45) is 7.05 Å². The largest absolute Gasteiger partial charge is 0.426 e. The van der Waals surface area contributed by atoms with Crippen molar-refractivity contribution < 1.29 is 22.7 Å². The summed E-state index contributed by atoms with van der Waals surface area (Å²) in [5, 5.41) is 22.2. The quantitative estimate of drug-likeness (QED) is 0.543. The van der Waals surface area contributed by atoms with Crippen LogP contribution in [0, 0.1) is 0 Å². The number of nitrogen functional groups attached to an aromatic ring is 1. The van der Waals surface area contributed by atoms with Crippen LogP contribution in [0.3, 0.4) is 0 Å². The molecule has 182 valence electrons. The molecule has 4 bridgehead atoms. The summed E-state index contributed by atoms with van der Waals surface area (Å²) in [5.41, 5.74) is 4.93. The first-order valence-corrected chi connectivity index (χ1v) is 11.4. The molecule has 1 fully saturated rings. The normalized spacial score (nSPS) is 23.6. The second-order valence-corrected chi connectivity index (χ2v) is 9.06. The third kappa shape index (κ3) is 3.79. The van der Waals surface area contributed by atoms with Crippen LogP contribution in [0.15, 0.2) is 22.9 Å². The molecule has 3 aromatic heterocycles. The number of halogens is 3. The molecule has 9 nitrogen and oxygen atoms in total. The lowest BCUT2D eigenvalue weighted by Crippen LogP contribution is -2.42. The van der Waals surface area contributed by atoms with E-state index in [0.717, 1.165) is 43.4 Å². The van der Waals surface area contributed by atoms with Crippen molar-refractivity contribution in [2.75, 3.05) is 17.2 Å². The van der Waals surface area contributed by atoms with E-state index < -0.39 is 24.1 Å². The first-order valence-electron chi connectivity index (χ1n) is 11.4. The molecule has 0 radical (unpaired) electrons. The number of aliphatic hydroxyl groups is 1. The standard InChI is InChI=1S/C22H26F3N7O2/c1-31-12-13(11-27-31)15-10-16(26)17-19-29-30-20(34-19)21(33,22(23,24)25)8-4-2-3-6-14-7-5-9-32(14)18(15)28-17/h10-12,14,33H,2-9,26H2,1H3/t14-,21?/m1/s1. The zero-order valence-corrected chi connectivity index (χ0v) is 18.7. The molecule has 1 saturated heterocycles. The smallest absolute Gasteiger partial charge is 0.416 e. The van der Waals surface area contributed by atoms with E-state index in [1.165, 1.54) is 0 Å². The van der Waals surface area contributed by atoms with Crippen LogP contribution >= 0.6 is 0 Å². The number of nitrogens with two attached hydrogens (primary N) is 1. The van der Waals surface area contributed by atoms with Crippen molar-refractivity contribution in [3.8, 4) is 22.7 Å². The second kappa shape index (κ2) is 8.26. The summed E-state index contributed by atoms with van der Waals surface area (Å²) >= 11 is 0. The molecule has 3 N–H and O–H groups in total. The predicted octanol–water partition coefficient (Wildman–Crippen LogP) is 3.80. The maximum atomic E-state index is 13.9. The lowest BCUT2D eigenvalue weighted by molar-refractivity contribution is -0.277. The Morgan fingerprint density at radius 1 is 1.18 bits per heavy atom. The average Bonchev–Trinajstić information content (AvgIpc) is 3.53. The van der Waals surface area contributed by atoms with Gasteiger partial charge in [-0.3, -0.25) is 4.68 Å². The van der Waals surface area contributed by atoms with Crippen molar-refractivity contribution in [1.29, 1.82) is 0 Å². The van der Waals surface area contributed by atoms with Gasteiger partial charge in [0.2, 0.25) is 5.60 Å². The Hall–Kier alpha value is -3.15. The Kier molecular flexibility index (Phi) is 5.50. The minimum Gasteiger partial charge on any atom is -0.416 e. The van der Waals surface area contributed by atoms with Crippen LogP contribution < -0.4 is 10.6 Å². The van der Waals surface area contributed by atoms with Crippen molar-refractivity contribution in [2.45, 2.75) is 62.8 Å². The van der Waals surface area contributed by atoms with E-state index in [1.807, 2.05) is 13.2 Å². The van der Waals surface area contributed by atoms with Gasteiger partial charge in [0.1, 0.15) is 5.82 Å². The van der Waals surface area contributed by atoms with E-state index in [0.29, 0.717) is 12.2 Å². The molecule has 0 amide bonds. The van der Waals surface area contributed by atoms with Gasteiger partial charge in [-0.2, -0.15) is 18.3 Å². The van der Waals surface area contributed by atoms with Crippen LogP contribution in [0.25, 0.3) is 22.7 Å². The summed E-state index contributed by atoms with van der Waals surface area (Å²) in [4.78, 5) is 6.99. The predicted molar refractivity (Wildman–Crippen MR) is 118 cm³/mol. The summed E-state index contributed by atoms with van der Waals surface area (Å²) in [7, 11) is 1.81. The number of anilines is 2. The summed E-state index contributed by atoms with van der Waals surface area (Å²) in [6, 6.07) is 1.91. The molecule has 0 spiro atoms. The first-order chi connectivity index (χ1) is 16.2. The van der Waals surface area contributed by atoms with Gasteiger partial charge in [-0.25, -0.2) is 4.98 Å². The second-order valence-electron chi connectivity index (χ2n) is 9.06. The molecule has 3 aromatic rings. The highest BCUT2D eigenvalue weighted by molar-refractivity contribution is 5.83. The Labute approximate surface area is 193 Å². The van der Waals surface area contributed by atoms with Gasteiger partial charge >= 0.3 is 6.18 Å². The first kappa shape index (κ1) is 22.6. The molecular weight excluding hydrogens is 451 g/mol. The van der Waals surface area contributed by atoms with E-state index in [-0.39, 0.29) is 29.7 Å². The number of aryl methyl sites for hydroxylation is 1. The van der Waals surface area contributed by atoms with Crippen molar-refractivity contribution in [3.63, 3.8) is 0 Å². The van der Waals surface area contributed by atoms with Gasteiger partial charge in [0.05, 0.1) is 11.9 Å². The number of aromatic nitrogens is 5. The van der Waals surface area contributed by atoms with Gasteiger partial charge in [-0.05, 0) is 38.2 Å².